The van der Waals surface area contributed by atoms with Crippen molar-refractivity contribution in [3.63, 3.8) is 0 Å². The summed E-state index contributed by atoms with van der Waals surface area (Å²) in [6.45, 7) is 37.4. The van der Waals surface area contributed by atoms with E-state index < -0.39 is 0 Å². The van der Waals surface area contributed by atoms with Crippen molar-refractivity contribution in [3.8, 4) is 22.3 Å². The predicted octanol–water partition coefficient (Wildman–Crippen LogP) is 26.7. The van der Waals surface area contributed by atoms with Crippen molar-refractivity contribution in [2.75, 3.05) is 9.80 Å². The van der Waals surface area contributed by atoms with Crippen LogP contribution in [-0.4, -0.2) is 0 Å². The number of fused-ring (bicyclic) bond motifs is 6. The van der Waals surface area contributed by atoms with Gasteiger partial charge in [-0.3, -0.25) is 0 Å². The first-order chi connectivity index (χ1) is 42.3. The Morgan fingerprint density at radius 1 is 0.205 bits per heavy atom. The highest BCUT2D eigenvalue weighted by Crippen LogP contribution is 2.58. The van der Waals surface area contributed by atoms with Gasteiger partial charge in [0.25, 0.3) is 0 Å². The van der Waals surface area contributed by atoms with E-state index in [1.165, 1.54) is 166 Å². The average molecular weight is 1150 g/mol. The minimum atomic E-state index is 0.366. The molecule has 0 N–H and O–H groups in total. The van der Waals surface area contributed by atoms with Gasteiger partial charge in [0.2, 0.25) is 0 Å². The van der Waals surface area contributed by atoms with Crippen LogP contribution in [0.2, 0.25) is 0 Å². The fourth-order valence-corrected chi connectivity index (χ4v) is 14.3. The lowest BCUT2D eigenvalue weighted by Gasteiger charge is -2.30. The van der Waals surface area contributed by atoms with E-state index in [0.29, 0.717) is 47.3 Å². The Kier molecular flexibility index (Phi) is 15.2. The Morgan fingerprint density at radius 3 is 0.670 bits per heavy atom. The Balaban J connectivity index is 1.18. The summed E-state index contributed by atoms with van der Waals surface area (Å²) in [5, 5.41) is 15.5. The number of hydrogen-bond donors (Lipinski definition) is 0. The predicted molar refractivity (Wildman–Crippen MR) is 387 cm³/mol. The quantitative estimate of drug-likeness (QED) is 0.0951. The second kappa shape index (κ2) is 22.9. The summed E-state index contributed by atoms with van der Waals surface area (Å²) in [5.74, 6) is 2.93. The van der Waals surface area contributed by atoms with Crippen LogP contribution in [0.15, 0.2) is 194 Å². The molecule has 0 saturated carbocycles. The third kappa shape index (κ3) is 9.96. The lowest BCUT2D eigenvalue weighted by atomic mass is 9.87. The van der Waals surface area contributed by atoms with E-state index in [4.69, 9.17) is 0 Å². The molecular weight excluding hydrogens is 1060 g/mol. The van der Waals surface area contributed by atoms with Crippen LogP contribution in [0.1, 0.15) is 203 Å². The molecule has 0 aliphatic carbocycles. The van der Waals surface area contributed by atoms with Crippen molar-refractivity contribution in [1.29, 1.82) is 0 Å². The van der Waals surface area contributed by atoms with Crippen LogP contribution in [0.25, 0.3) is 86.9 Å². The molecule has 0 aliphatic heterocycles. The van der Waals surface area contributed by atoms with E-state index in [-0.39, 0.29) is 0 Å². The molecule has 0 amide bonds. The zero-order valence-corrected chi connectivity index (χ0v) is 55.0. The van der Waals surface area contributed by atoms with Gasteiger partial charge in [0.1, 0.15) is 0 Å². The Morgan fingerprint density at radius 2 is 0.432 bits per heavy atom. The molecule has 2 nitrogen and oxygen atoms in total. The van der Waals surface area contributed by atoms with Crippen molar-refractivity contribution in [3.05, 3.63) is 239 Å². The second-order valence-electron chi connectivity index (χ2n) is 28.0. The molecule has 13 aromatic rings. The van der Waals surface area contributed by atoms with Gasteiger partial charge in [0, 0.05) is 33.5 Å². The Hall–Kier alpha value is -8.46. The molecular formula is C86H88N2. The zero-order valence-electron chi connectivity index (χ0n) is 55.0. The number of nitrogens with zero attached hydrogens (tertiary/aromatic N) is 2. The molecule has 2 heteroatoms. The first kappa shape index (κ1) is 58.6. The van der Waals surface area contributed by atoms with Crippen LogP contribution < -0.4 is 9.80 Å². The van der Waals surface area contributed by atoms with Crippen molar-refractivity contribution < 1.29 is 0 Å². The molecule has 0 bridgehead atoms. The van der Waals surface area contributed by atoms with Gasteiger partial charge in [0.05, 0.1) is 11.4 Å². The molecule has 0 fully saturated rings. The fourth-order valence-electron chi connectivity index (χ4n) is 14.3. The van der Waals surface area contributed by atoms with Gasteiger partial charge in [0.15, 0.2) is 0 Å². The average Bonchev–Trinajstić information content (AvgIpc) is 1.53. The molecule has 88 heavy (non-hydrogen) atoms. The van der Waals surface area contributed by atoms with Crippen molar-refractivity contribution in [2.45, 2.75) is 158 Å². The highest BCUT2D eigenvalue weighted by molar-refractivity contribution is 6.47. The van der Waals surface area contributed by atoms with E-state index in [0.717, 1.165) is 0 Å². The monoisotopic (exact) mass is 1150 g/mol. The summed E-state index contributed by atoms with van der Waals surface area (Å²) >= 11 is 0. The normalized spacial score (nSPS) is 12.5. The van der Waals surface area contributed by atoms with E-state index in [1.807, 2.05) is 0 Å². The maximum atomic E-state index is 2.61. The fraction of sp³-hybridized carbons (Fsp3) is 0.279. The molecule has 0 unspecified atom stereocenters. The summed E-state index contributed by atoms with van der Waals surface area (Å²) in [4.78, 5) is 5.22. The molecule has 0 spiro atoms. The molecule has 442 valence electrons. The van der Waals surface area contributed by atoms with Gasteiger partial charge >= 0.3 is 0 Å². The van der Waals surface area contributed by atoms with E-state index in [9.17, 15) is 0 Å². The highest BCUT2D eigenvalue weighted by atomic mass is 15.2. The van der Waals surface area contributed by atoms with Crippen LogP contribution in [-0.2, 0) is 0 Å². The van der Waals surface area contributed by atoms with E-state index in [2.05, 4.69) is 315 Å². The van der Waals surface area contributed by atoms with Gasteiger partial charge in [-0.2, -0.15) is 0 Å². The maximum Gasteiger partial charge on any atom is 0.0540 e. The van der Waals surface area contributed by atoms with Crippen LogP contribution in [0.3, 0.4) is 0 Å². The van der Waals surface area contributed by atoms with E-state index >= 15 is 0 Å². The summed E-state index contributed by atoms with van der Waals surface area (Å²) in [7, 11) is 0. The summed E-state index contributed by atoms with van der Waals surface area (Å²) in [6.07, 6.45) is 0. The summed E-state index contributed by atoms with van der Waals surface area (Å²) in [5.41, 5.74) is 23.2. The highest BCUT2D eigenvalue weighted by Gasteiger charge is 2.31. The van der Waals surface area contributed by atoms with Crippen molar-refractivity contribution in [2.24, 2.45) is 0 Å². The standard InChI is InChI=1S/C86H88N2/c1-49(2)59-37-60(50(3)4)42-67(41-59)87(68-43-61(51(5)6)38-62(44-68)52(7)8)77-35-33-75-81-71(77)29-23-31-73(81)83-79(57-25-19-17-20-26-57)84-74-32-24-30-72-78(36-34-76(82(72)74)86(84)80(85(75)83)58-27-21-18-22-28-58)88(69-45-63(53(9)10)39-64(46-69)54(11)12)70-47-65(55(13)14)40-66(48-70)56(15)16/h17-56H,1-16H3. The molecule has 0 aliphatic rings. The number of hydrogen-bond acceptors (Lipinski definition) is 2. The maximum absolute atomic E-state index is 2.61. The van der Waals surface area contributed by atoms with Gasteiger partial charge in [-0.1, -0.05) is 244 Å². The zero-order chi connectivity index (χ0) is 61.7. The minimum Gasteiger partial charge on any atom is -0.310 e. The first-order valence-corrected chi connectivity index (χ1v) is 32.9. The van der Waals surface area contributed by atoms with Crippen LogP contribution in [0.5, 0.6) is 0 Å². The number of benzene rings is 11. The van der Waals surface area contributed by atoms with Gasteiger partial charge in [-0.15, -0.1) is 0 Å². The molecule has 13 aromatic carbocycles. The molecule has 0 radical (unpaired) electrons. The van der Waals surface area contributed by atoms with Gasteiger partial charge in [-0.05, 0) is 229 Å². The minimum absolute atomic E-state index is 0.366. The first-order valence-electron chi connectivity index (χ1n) is 32.9. The number of anilines is 6. The third-order valence-corrected chi connectivity index (χ3v) is 19.4. The lowest BCUT2D eigenvalue weighted by Crippen LogP contribution is -2.13. The van der Waals surface area contributed by atoms with Crippen LogP contribution in [0.4, 0.5) is 34.1 Å². The molecule has 0 heterocycles. The third-order valence-electron chi connectivity index (χ3n) is 19.4. The van der Waals surface area contributed by atoms with Crippen molar-refractivity contribution in [1.82, 2.24) is 0 Å². The van der Waals surface area contributed by atoms with Gasteiger partial charge in [-0.25, -0.2) is 0 Å². The van der Waals surface area contributed by atoms with Crippen molar-refractivity contribution >= 4 is 98.8 Å². The number of rotatable bonds is 16. The van der Waals surface area contributed by atoms with Gasteiger partial charge < -0.3 is 9.80 Å². The SMILES string of the molecule is CC(C)c1cc(C(C)C)cc(N(c2cc(C(C)C)cc(C(C)C)c2)c2ccc3c4c(-c5ccccc5)c5c6ccc(N(c7cc(C(C)C)cc(C(C)C)c7)c7cc(C(C)C)cc(C(C)C)c7)c7cccc(c5c(-c5ccccc5)c4c4cccc2c43)c76)c1. The second-order valence-corrected chi connectivity index (χ2v) is 28.0. The smallest absolute Gasteiger partial charge is 0.0540 e. The summed E-state index contributed by atoms with van der Waals surface area (Å²) < 4.78 is 0. The topological polar surface area (TPSA) is 6.48 Å². The van der Waals surface area contributed by atoms with E-state index in [1.54, 1.807) is 0 Å². The van der Waals surface area contributed by atoms with Crippen LogP contribution in [0, 0.1) is 0 Å². The molecule has 0 saturated heterocycles. The Labute approximate surface area is 524 Å². The molecule has 0 aromatic heterocycles. The molecule has 13 rings (SSSR count). The molecule has 0 atom stereocenters. The van der Waals surface area contributed by atoms with Crippen LogP contribution >= 0.6 is 0 Å². The summed E-state index contributed by atoms with van der Waals surface area (Å²) in [6, 6.07) is 76.5. The largest absolute Gasteiger partial charge is 0.310 e. The Bertz CT molecular complexity index is 4150. The lowest BCUT2D eigenvalue weighted by molar-refractivity contribution is 0.830.